The maximum absolute atomic E-state index is 6.01. The summed E-state index contributed by atoms with van der Waals surface area (Å²) in [5.41, 5.74) is 7.07. The van der Waals surface area contributed by atoms with Crippen LogP contribution in [-0.2, 0) is 6.42 Å². The fourth-order valence-electron chi connectivity index (χ4n) is 2.34. The molecule has 0 saturated carbocycles. The minimum Gasteiger partial charge on any atom is -0.359 e. The Morgan fingerprint density at radius 1 is 1.05 bits per heavy atom. The lowest BCUT2D eigenvalue weighted by atomic mass is 10.1. The van der Waals surface area contributed by atoms with E-state index >= 15 is 0 Å². The smallest absolute Gasteiger partial charge is 0.153 e. The number of aryl methyl sites for hydroxylation is 1. The van der Waals surface area contributed by atoms with Crippen molar-refractivity contribution in [2.75, 3.05) is 0 Å². The van der Waals surface area contributed by atoms with Gasteiger partial charge in [0.15, 0.2) is 5.76 Å². The van der Waals surface area contributed by atoms with Gasteiger partial charge in [0.05, 0.1) is 11.7 Å². The molecule has 0 aliphatic rings. The van der Waals surface area contributed by atoms with E-state index < -0.39 is 0 Å². The van der Waals surface area contributed by atoms with Crippen molar-refractivity contribution >= 4 is 0 Å². The summed E-state index contributed by atoms with van der Waals surface area (Å²) in [6.07, 6.45) is 12.4. The van der Waals surface area contributed by atoms with Crippen molar-refractivity contribution in [1.29, 1.82) is 0 Å². The van der Waals surface area contributed by atoms with E-state index in [4.69, 9.17) is 10.3 Å². The lowest BCUT2D eigenvalue weighted by molar-refractivity contribution is 0.349. The fraction of sp³-hybridized carbons (Fsp3) is 0.812. The van der Waals surface area contributed by atoms with Crippen LogP contribution in [0.15, 0.2) is 10.6 Å². The van der Waals surface area contributed by atoms with E-state index in [-0.39, 0.29) is 6.04 Å². The highest BCUT2D eigenvalue weighted by Gasteiger charge is 2.11. The molecule has 1 aromatic heterocycles. The standard InChI is InChI=1S/C16H30N2O/c1-3-5-6-7-8-9-10-12-14-13-16(19-18-14)15(17)11-4-2/h13,15H,3-12,17H2,1-2H3. The van der Waals surface area contributed by atoms with E-state index in [1.165, 1.54) is 44.9 Å². The predicted molar refractivity (Wildman–Crippen MR) is 80.0 cm³/mol. The van der Waals surface area contributed by atoms with Crippen LogP contribution in [0.1, 0.15) is 89.1 Å². The van der Waals surface area contributed by atoms with E-state index in [0.29, 0.717) is 0 Å². The number of aromatic nitrogens is 1. The lowest BCUT2D eigenvalue weighted by Crippen LogP contribution is -2.08. The summed E-state index contributed by atoms with van der Waals surface area (Å²) >= 11 is 0. The molecule has 0 aromatic carbocycles. The van der Waals surface area contributed by atoms with Crippen LogP contribution in [0.4, 0.5) is 0 Å². The van der Waals surface area contributed by atoms with Gasteiger partial charge in [-0.3, -0.25) is 0 Å². The van der Waals surface area contributed by atoms with Gasteiger partial charge in [-0.1, -0.05) is 63.9 Å². The van der Waals surface area contributed by atoms with E-state index in [1.54, 1.807) is 0 Å². The molecule has 0 amide bonds. The molecule has 19 heavy (non-hydrogen) atoms. The largest absolute Gasteiger partial charge is 0.359 e. The zero-order valence-electron chi connectivity index (χ0n) is 12.7. The van der Waals surface area contributed by atoms with Crippen molar-refractivity contribution in [3.05, 3.63) is 17.5 Å². The average Bonchev–Trinajstić information content (AvgIpc) is 2.87. The predicted octanol–water partition coefficient (Wildman–Crippen LogP) is 4.77. The van der Waals surface area contributed by atoms with E-state index in [0.717, 1.165) is 30.7 Å². The van der Waals surface area contributed by atoms with Crippen molar-refractivity contribution in [2.45, 2.75) is 84.1 Å². The van der Waals surface area contributed by atoms with Gasteiger partial charge in [-0.25, -0.2) is 0 Å². The number of hydrogen-bond donors (Lipinski definition) is 1. The number of nitrogens with zero attached hydrogens (tertiary/aromatic N) is 1. The SMILES string of the molecule is CCCCCCCCCc1cc(C(N)CCC)on1. The van der Waals surface area contributed by atoms with E-state index in [2.05, 4.69) is 19.0 Å². The molecule has 1 aromatic rings. The van der Waals surface area contributed by atoms with Crippen molar-refractivity contribution in [3.63, 3.8) is 0 Å². The van der Waals surface area contributed by atoms with Gasteiger partial charge < -0.3 is 10.3 Å². The number of hydrogen-bond acceptors (Lipinski definition) is 3. The highest BCUT2D eigenvalue weighted by atomic mass is 16.5. The third kappa shape index (κ3) is 6.76. The maximum Gasteiger partial charge on any atom is 0.153 e. The number of unbranched alkanes of at least 4 members (excludes halogenated alkanes) is 6. The van der Waals surface area contributed by atoms with Crippen LogP contribution < -0.4 is 5.73 Å². The first-order valence-corrected chi connectivity index (χ1v) is 7.99. The van der Waals surface area contributed by atoms with Crippen LogP contribution in [0.2, 0.25) is 0 Å². The Labute approximate surface area is 117 Å². The first-order chi connectivity index (χ1) is 9.27. The molecule has 0 spiro atoms. The van der Waals surface area contributed by atoms with Gasteiger partial charge in [0.2, 0.25) is 0 Å². The second-order valence-electron chi connectivity index (χ2n) is 5.49. The molecular formula is C16H30N2O. The Morgan fingerprint density at radius 3 is 2.42 bits per heavy atom. The van der Waals surface area contributed by atoms with Crippen LogP contribution in [0.3, 0.4) is 0 Å². The third-order valence-electron chi connectivity index (χ3n) is 3.58. The van der Waals surface area contributed by atoms with Crippen molar-refractivity contribution < 1.29 is 4.52 Å². The first kappa shape index (κ1) is 16.2. The summed E-state index contributed by atoms with van der Waals surface area (Å²) in [5, 5.41) is 4.11. The average molecular weight is 266 g/mol. The second kappa shape index (κ2) is 10.0. The topological polar surface area (TPSA) is 52.0 Å². The van der Waals surface area contributed by atoms with Gasteiger partial charge in [0, 0.05) is 6.07 Å². The summed E-state index contributed by atoms with van der Waals surface area (Å²) < 4.78 is 5.31. The normalized spacial score (nSPS) is 12.8. The fourth-order valence-corrected chi connectivity index (χ4v) is 2.34. The summed E-state index contributed by atoms with van der Waals surface area (Å²) in [7, 11) is 0. The third-order valence-corrected chi connectivity index (χ3v) is 3.58. The number of rotatable bonds is 11. The molecule has 0 bridgehead atoms. The van der Waals surface area contributed by atoms with Crippen molar-refractivity contribution in [2.24, 2.45) is 5.73 Å². The Balaban J connectivity index is 2.13. The first-order valence-electron chi connectivity index (χ1n) is 7.99. The van der Waals surface area contributed by atoms with Gasteiger partial charge in [0.1, 0.15) is 0 Å². The van der Waals surface area contributed by atoms with Crippen molar-refractivity contribution in [1.82, 2.24) is 5.16 Å². The Morgan fingerprint density at radius 2 is 1.74 bits per heavy atom. The van der Waals surface area contributed by atoms with Crippen LogP contribution >= 0.6 is 0 Å². The van der Waals surface area contributed by atoms with Crippen LogP contribution in [-0.4, -0.2) is 5.16 Å². The van der Waals surface area contributed by atoms with Gasteiger partial charge >= 0.3 is 0 Å². The minimum atomic E-state index is 0.0142. The zero-order chi connectivity index (χ0) is 13.9. The lowest BCUT2D eigenvalue weighted by Gasteiger charge is -2.03. The van der Waals surface area contributed by atoms with Crippen LogP contribution in [0.25, 0.3) is 0 Å². The van der Waals surface area contributed by atoms with Gasteiger partial charge in [0.25, 0.3) is 0 Å². The molecule has 0 saturated heterocycles. The zero-order valence-corrected chi connectivity index (χ0v) is 12.7. The summed E-state index contributed by atoms with van der Waals surface area (Å²) in [6.45, 7) is 4.39. The van der Waals surface area contributed by atoms with Gasteiger partial charge in [-0.15, -0.1) is 0 Å². The highest BCUT2D eigenvalue weighted by molar-refractivity contribution is 5.08. The summed E-state index contributed by atoms with van der Waals surface area (Å²) in [5.74, 6) is 0.847. The summed E-state index contributed by atoms with van der Waals surface area (Å²) in [4.78, 5) is 0. The van der Waals surface area contributed by atoms with Crippen LogP contribution in [0, 0.1) is 0 Å². The Hall–Kier alpha value is -0.830. The second-order valence-corrected chi connectivity index (χ2v) is 5.49. The molecule has 0 fully saturated rings. The Kier molecular flexibility index (Phi) is 8.55. The molecule has 0 radical (unpaired) electrons. The van der Waals surface area contributed by atoms with E-state index in [9.17, 15) is 0 Å². The molecule has 1 atom stereocenters. The van der Waals surface area contributed by atoms with Crippen molar-refractivity contribution in [3.8, 4) is 0 Å². The number of nitrogens with two attached hydrogens (primary N) is 1. The quantitative estimate of drug-likeness (QED) is 0.587. The molecule has 110 valence electrons. The molecule has 1 unspecified atom stereocenters. The molecule has 1 heterocycles. The highest BCUT2D eigenvalue weighted by Crippen LogP contribution is 2.18. The molecular weight excluding hydrogens is 236 g/mol. The molecule has 1 rings (SSSR count). The Bertz CT molecular complexity index is 322. The molecule has 3 heteroatoms. The molecule has 0 aliphatic carbocycles. The summed E-state index contributed by atoms with van der Waals surface area (Å²) in [6, 6.07) is 2.05. The molecule has 2 N–H and O–H groups in total. The van der Waals surface area contributed by atoms with Gasteiger partial charge in [-0.05, 0) is 19.3 Å². The monoisotopic (exact) mass is 266 g/mol. The molecule has 3 nitrogen and oxygen atoms in total. The van der Waals surface area contributed by atoms with Crippen LogP contribution in [0.5, 0.6) is 0 Å². The minimum absolute atomic E-state index is 0.0142. The van der Waals surface area contributed by atoms with E-state index in [1.807, 2.05) is 6.07 Å². The molecule has 0 aliphatic heterocycles. The van der Waals surface area contributed by atoms with Gasteiger partial charge in [-0.2, -0.15) is 0 Å². The maximum atomic E-state index is 6.01.